The van der Waals surface area contributed by atoms with Gasteiger partial charge in [0.25, 0.3) is 0 Å². The van der Waals surface area contributed by atoms with E-state index in [1.807, 2.05) is 13.8 Å². The van der Waals surface area contributed by atoms with Gasteiger partial charge in [0.2, 0.25) is 10.0 Å². The van der Waals surface area contributed by atoms with Crippen molar-refractivity contribution in [3.8, 4) is 0 Å². The number of thiophene rings is 1. The molecule has 5 nitrogen and oxygen atoms in total. The highest BCUT2D eigenvalue weighted by Crippen LogP contribution is 2.27. The zero-order chi connectivity index (χ0) is 14.8. The monoisotopic (exact) mass is 305 g/mol. The normalized spacial score (nSPS) is 13.7. The second-order valence-corrected chi connectivity index (χ2v) is 7.56. The van der Waals surface area contributed by atoms with Crippen molar-refractivity contribution in [1.29, 1.82) is 0 Å². The lowest BCUT2D eigenvalue weighted by molar-refractivity contribution is 0.0698. The molecule has 1 aromatic rings. The molecule has 1 aromatic heterocycles. The van der Waals surface area contributed by atoms with Crippen molar-refractivity contribution in [2.24, 2.45) is 5.92 Å². The van der Waals surface area contributed by atoms with Gasteiger partial charge in [-0.15, -0.1) is 11.3 Å². The molecule has 1 unspecified atom stereocenters. The fourth-order valence-corrected chi connectivity index (χ4v) is 4.88. The molecule has 0 bridgehead atoms. The van der Waals surface area contributed by atoms with E-state index < -0.39 is 16.0 Å². The van der Waals surface area contributed by atoms with E-state index in [0.29, 0.717) is 17.9 Å². The third-order valence-electron chi connectivity index (χ3n) is 2.56. The average molecular weight is 305 g/mol. The Bertz CT molecular complexity index is 560. The van der Waals surface area contributed by atoms with Gasteiger partial charge in [-0.3, -0.25) is 0 Å². The summed E-state index contributed by atoms with van der Waals surface area (Å²) in [6, 6.07) is -0.231. The van der Waals surface area contributed by atoms with Gasteiger partial charge in [-0.25, -0.2) is 17.9 Å². The Balaban J connectivity index is 3.07. The van der Waals surface area contributed by atoms with Crippen LogP contribution in [0.3, 0.4) is 0 Å². The second kappa shape index (κ2) is 6.02. The van der Waals surface area contributed by atoms with E-state index in [4.69, 9.17) is 5.11 Å². The lowest BCUT2D eigenvalue weighted by Crippen LogP contribution is -2.34. The van der Waals surface area contributed by atoms with Crippen LogP contribution in [0.15, 0.2) is 10.3 Å². The minimum atomic E-state index is -3.79. The minimum Gasteiger partial charge on any atom is -0.477 e. The van der Waals surface area contributed by atoms with Crippen molar-refractivity contribution >= 4 is 27.3 Å². The van der Waals surface area contributed by atoms with Crippen LogP contribution in [0.1, 0.15) is 42.4 Å². The molecule has 1 rings (SSSR count). The molecule has 0 saturated carbocycles. The fourth-order valence-electron chi connectivity index (χ4n) is 1.99. The molecule has 0 aliphatic rings. The summed E-state index contributed by atoms with van der Waals surface area (Å²) >= 11 is 0.933. The highest BCUT2D eigenvalue weighted by atomic mass is 32.2. The Labute approximate surface area is 117 Å². The van der Waals surface area contributed by atoms with Gasteiger partial charge in [0.1, 0.15) is 9.77 Å². The van der Waals surface area contributed by atoms with Crippen molar-refractivity contribution in [3.63, 3.8) is 0 Å². The zero-order valence-corrected chi connectivity index (χ0v) is 13.1. The number of aromatic carboxylic acids is 1. The molecular weight excluding hydrogens is 286 g/mol. The Kier molecular flexibility index (Phi) is 5.11. The number of hydrogen-bond acceptors (Lipinski definition) is 4. The summed E-state index contributed by atoms with van der Waals surface area (Å²) in [5, 5.41) is 10.6. The van der Waals surface area contributed by atoms with Gasteiger partial charge in [-0.2, -0.15) is 0 Å². The lowest BCUT2D eigenvalue weighted by Gasteiger charge is -2.16. The second-order valence-electron chi connectivity index (χ2n) is 5.03. The summed E-state index contributed by atoms with van der Waals surface area (Å²) in [5.41, 5.74) is 0.464. The van der Waals surface area contributed by atoms with E-state index in [1.54, 1.807) is 19.2 Å². The first-order valence-electron chi connectivity index (χ1n) is 5.99. The number of aryl methyl sites for hydroxylation is 1. The molecule has 1 atom stereocenters. The molecule has 0 aliphatic carbocycles. The van der Waals surface area contributed by atoms with E-state index in [2.05, 4.69) is 4.72 Å². The summed E-state index contributed by atoms with van der Waals surface area (Å²) in [7, 11) is -3.79. The summed E-state index contributed by atoms with van der Waals surface area (Å²) in [6.45, 7) is 7.39. The van der Waals surface area contributed by atoms with E-state index in [-0.39, 0.29) is 15.8 Å². The Hall–Kier alpha value is -0.920. The van der Waals surface area contributed by atoms with E-state index in [9.17, 15) is 13.2 Å². The fraction of sp³-hybridized carbons (Fsp3) is 0.583. The van der Waals surface area contributed by atoms with Crippen LogP contribution < -0.4 is 4.72 Å². The van der Waals surface area contributed by atoms with Gasteiger partial charge >= 0.3 is 5.97 Å². The maximum atomic E-state index is 12.3. The third kappa shape index (κ3) is 4.02. The number of rotatable bonds is 6. The molecule has 0 saturated heterocycles. The maximum Gasteiger partial charge on any atom is 0.347 e. The van der Waals surface area contributed by atoms with Crippen LogP contribution in [0.2, 0.25) is 0 Å². The number of carboxylic acid groups (broad SMARTS) is 1. The van der Waals surface area contributed by atoms with Gasteiger partial charge in [-0.1, -0.05) is 13.8 Å². The molecule has 108 valence electrons. The van der Waals surface area contributed by atoms with Crippen molar-refractivity contribution in [2.75, 3.05) is 0 Å². The molecule has 0 aliphatic heterocycles. The van der Waals surface area contributed by atoms with Crippen molar-refractivity contribution in [1.82, 2.24) is 4.72 Å². The quantitative estimate of drug-likeness (QED) is 0.845. The molecule has 19 heavy (non-hydrogen) atoms. The van der Waals surface area contributed by atoms with Gasteiger partial charge in [-0.05, 0) is 37.1 Å². The molecule has 0 radical (unpaired) electrons. The molecule has 0 fully saturated rings. The van der Waals surface area contributed by atoms with Crippen LogP contribution >= 0.6 is 11.3 Å². The molecule has 2 N–H and O–H groups in total. The predicted octanol–water partition coefficient (Wildman–Crippen LogP) is 2.47. The first-order chi connectivity index (χ1) is 8.65. The average Bonchev–Trinajstić information content (AvgIpc) is 2.58. The van der Waals surface area contributed by atoms with Crippen LogP contribution in [-0.2, 0) is 10.0 Å². The Morgan fingerprint density at radius 1 is 1.42 bits per heavy atom. The number of carbonyl (C=O) groups is 1. The summed E-state index contributed by atoms with van der Waals surface area (Å²) in [6.07, 6.45) is 0.699. The number of carboxylic acids is 1. The number of nitrogens with one attached hydrogen (secondary N) is 1. The van der Waals surface area contributed by atoms with Crippen molar-refractivity contribution in [2.45, 2.75) is 45.1 Å². The Morgan fingerprint density at radius 2 is 2.00 bits per heavy atom. The maximum absolute atomic E-state index is 12.3. The zero-order valence-electron chi connectivity index (χ0n) is 11.4. The topological polar surface area (TPSA) is 83.5 Å². The highest BCUT2D eigenvalue weighted by Gasteiger charge is 2.28. The summed E-state index contributed by atoms with van der Waals surface area (Å²) in [5.74, 6) is -0.852. The van der Waals surface area contributed by atoms with Crippen LogP contribution in [0, 0.1) is 12.8 Å². The summed E-state index contributed by atoms with van der Waals surface area (Å²) in [4.78, 5) is 10.8. The number of hydrogen-bond donors (Lipinski definition) is 2. The largest absolute Gasteiger partial charge is 0.477 e. The minimum absolute atomic E-state index is 0.111. The van der Waals surface area contributed by atoms with Crippen LogP contribution in [0.25, 0.3) is 0 Å². The van der Waals surface area contributed by atoms with E-state index >= 15 is 0 Å². The first-order valence-corrected chi connectivity index (χ1v) is 8.35. The van der Waals surface area contributed by atoms with Gasteiger partial charge in [0, 0.05) is 6.04 Å². The van der Waals surface area contributed by atoms with Gasteiger partial charge < -0.3 is 5.11 Å². The lowest BCUT2D eigenvalue weighted by atomic mass is 10.1. The molecule has 1 heterocycles. The predicted molar refractivity (Wildman–Crippen MR) is 75.3 cm³/mol. The smallest absolute Gasteiger partial charge is 0.347 e. The standard InChI is InChI=1S/C12H19NO4S2/c1-7(2)5-9(4)13-19(16,17)11-8(3)6-18-10(11)12(14)15/h6-7,9,13H,5H2,1-4H3,(H,14,15). The summed E-state index contributed by atoms with van der Waals surface area (Å²) < 4.78 is 27.1. The Morgan fingerprint density at radius 3 is 2.47 bits per heavy atom. The molecule has 7 heteroatoms. The SMILES string of the molecule is Cc1csc(C(=O)O)c1S(=O)(=O)NC(C)CC(C)C. The molecular formula is C12H19NO4S2. The molecule has 0 aromatic carbocycles. The number of sulfonamides is 1. The van der Waals surface area contributed by atoms with Gasteiger partial charge in [0.05, 0.1) is 0 Å². The van der Waals surface area contributed by atoms with Crippen LogP contribution in [0.5, 0.6) is 0 Å². The van der Waals surface area contributed by atoms with Crippen LogP contribution in [-0.4, -0.2) is 25.5 Å². The third-order valence-corrected chi connectivity index (χ3v) is 5.55. The first kappa shape index (κ1) is 16.1. The van der Waals surface area contributed by atoms with Gasteiger partial charge in [0.15, 0.2) is 0 Å². The van der Waals surface area contributed by atoms with Crippen molar-refractivity contribution < 1.29 is 18.3 Å². The molecule has 0 amide bonds. The molecule has 0 spiro atoms. The highest BCUT2D eigenvalue weighted by molar-refractivity contribution is 7.89. The van der Waals surface area contributed by atoms with Crippen LogP contribution in [0.4, 0.5) is 0 Å². The van der Waals surface area contributed by atoms with E-state index in [0.717, 1.165) is 11.3 Å². The van der Waals surface area contributed by atoms with E-state index in [1.165, 1.54) is 0 Å². The van der Waals surface area contributed by atoms with Crippen molar-refractivity contribution in [3.05, 3.63) is 15.8 Å².